The lowest BCUT2D eigenvalue weighted by atomic mass is 9.96. The second-order valence-electron chi connectivity index (χ2n) is 8.18. The Kier molecular flexibility index (Phi) is 7.62. The van der Waals surface area contributed by atoms with Crippen molar-refractivity contribution < 1.29 is 18.0 Å². The minimum atomic E-state index is -4.46. The number of aromatic nitrogens is 2. The van der Waals surface area contributed by atoms with Gasteiger partial charge in [-0.3, -0.25) is 4.79 Å². The average Bonchev–Trinajstić information content (AvgIpc) is 3.19. The Balaban J connectivity index is 1.81. The highest BCUT2D eigenvalue weighted by Crippen LogP contribution is 2.44. The highest BCUT2D eigenvalue weighted by Gasteiger charge is 2.47. The van der Waals surface area contributed by atoms with E-state index in [2.05, 4.69) is 22.7 Å². The summed E-state index contributed by atoms with van der Waals surface area (Å²) in [5.41, 5.74) is 0.903. The lowest BCUT2D eigenvalue weighted by Crippen LogP contribution is -2.38. The second kappa shape index (κ2) is 10.2. The van der Waals surface area contributed by atoms with E-state index in [4.69, 9.17) is 0 Å². The molecule has 5 nitrogen and oxygen atoms in total. The summed E-state index contributed by atoms with van der Waals surface area (Å²) in [6.07, 6.45) is 2.65. The number of nitrogens with zero attached hydrogens (tertiary/aromatic N) is 2. The van der Waals surface area contributed by atoms with Crippen molar-refractivity contribution >= 4 is 11.7 Å². The predicted octanol–water partition coefficient (Wildman–Crippen LogP) is 6.02. The monoisotopic (exact) mass is 436 g/mol. The number of carbonyl (C=O) groups excluding carboxylic acids is 1. The molecule has 3 rings (SSSR count). The Labute approximate surface area is 181 Å². The molecule has 2 aromatic rings. The van der Waals surface area contributed by atoms with Crippen LogP contribution in [0, 0.1) is 0 Å². The molecule has 8 heteroatoms. The maximum Gasteiger partial charge on any atom is 0.410 e. The topological polar surface area (TPSA) is 59.0 Å². The van der Waals surface area contributed by atoms with Gasteiger partial charge in [-0.25, -0.2) is 4.68 Å². The number of hydrogen-bond donors (Lipinski definition) is 2. The van der Waals surface area contributed by atoms with Crippen LogP contribution in [-0.2, 0) is 0 Å². The van der Waals surface area contributed by atoms with E-state index in [1.165, 1.54) is 6.20 Å². The quantitative estimate of drug-likeness (QED) is 0.473. The highest BCUT2D eigenvalue weighted by molar-refractivity contribution is 5.99. The lowest BCUT2D eigenvalue weighted by Gasteiger charge is -2.34. The molecule has 1 aromatic carbocycles. The average molecular weight is 437 g/mol. The molecule has 0 saturated heterocycles. The van der Waals surface area contributed by atoms with Crippen LogP contribution in [0.3, 0.4) is 0 Å². The van der Waals surface area contributed by atoms with Gasteiger partial charge in [0.2, 0.25) is 0 Å². The largest absolute Gasteiger partial charge is 0.410 e. The Morgan fingerprint density at radius 2 is 1.97 bits per heavy atom. The molecule has 0 radical (unpaired) electrons. The number of carbonyl (C=O) groups is 1. The van der Waals surface area contributed by atoms with E-state index in [0.717, 1.165) is 48.8 Å². The number of hydrogen-bond acceptors (Lipinski definition) is 3. The van der Waals surface area contributed by atoms with Gasteiger partial charge in [0.1, 0.15) is 11.4 Å². The Morgan fingerprint density at radius 3 is 2.61 bits per heavy atom. The first-order valence-electron chi connectivity index (χ1n) is 11.1. The molecule has 1 aromatic heterocycles. The first-order valence-corrected chi connectivity index (χ1v) is 11.1. The molecule has 31 heavy (non-hydrogen) atoms. The van der Waals surface area contributed by atoms with Crippen molar-refractivity contribution in [2.75, 3.05) is 5.32 Å². The van der Waals surface area contributed by atoms with Crippen LogP contribution in [0.15, 0.2) is 36.5 Å². The number of rotatable bonds is 9. The van der Waals surface area contributed by atoms with Gasteiger partial charge < -0.3 is 10.6 Å². The van der Waals surface area contributed by atoms with Crippen molar-refractivity contribution in [2.45, 2.75) is 83.1 Å². The zero-order valence-corrected chi connectivity index (χ0v) is 18.1. The van der Waals surface area contributed by atoms with Crippen molar-refractivity contribution in [1.29, 1.82) is 0 Å². The summed E-state index contributed by atoms with van der Waals surface area (Å²) in [4.78, 5) is 12.9. The number of amides is 1. The van der Waals surface area contributed by atoms with Crippen molar-refractivity contribution in [3.63, 3.8) is 0 Å². The molecule has 3 atom stereocenters. The van der Waals surface area contributed by atoms with Gasteiger partial charge in [0.15, 0.2) is 6.04 Å². The van der Waals surface area contributed by atoms with Gasteiger partial charge in [0.05, 0.1) is 12.2 Å². The summed E-state index contributed by atoms with van der Waals surface area (Å²) >= 11 is 0. The highest BCUT2D eigenvalue weighted by atomic mass is 19.4. The zero-order chi connectivity index (χ0) is 22.4. The fourth-order valence-corrected chi connectivity index (χ4v) is 4.09. The summed E-state index contributed by atoms with van der Waals surface area (Å²) in [7, 11) is 0. The molecule has 3 unspecified atom stereocenters. The maximum absolute atomic E-state index is 13.8. The number of benzene rings is 1. The fourth-order valence-electron chi connectivity index (χ4n) is 4.09. The van der Waals surface area contributed by atoms with Crippen molar-refractivity contribution in [3.8, 4) is 0 Å². The minimum Gasteiger partial charge on any atom is -0.363 e. The molecule has 170 valence electrons. The number of anilines is 1. The van der Waals surface area contributed by atoms with Crippen LogP contribution in [0.4, 0.5) is 19.0 Å². The van der Waals surface area contributed by atoms with Crippen molar-refractivity contribution in [2.24, 2.45) is 0 Å². The molecule has 0 aliphatic carbocycles. The van der Waals surface area contributed by atoms with E-state index in [1.807, 2.05) is 13.0 Å². The normalized spacial score (nSPS) is 19.4. The van der Waals surface area contributed by atoms with Gasteiger partial charge in [-0.2, -0.15) is 18.3 Å². The van der Waals surface area contributed by atoms with Crippen molar-refractivity contribution in [3.05, 3.63) is 47.7 Å². The zero-order valence-electron chi connectivity index (χ0n) is 18.1. The van der Waals surface area contributed by atoms with Gasteiger partial charge in [-0.1, -0.05) is 69.9 Å². The van der Waals surface area contributed by atoms with Crippen LogP contribution >= 0.6 is 0 Å². The van der Waals surface area contributed by atoms with E-state index < -0.39 is 18.3 Å². The van der Waals surface area contributed by atoms with E-state index in [0.29, 0.717) is 0 Å². The van der Waals surface area contributed by atoms with E-state index >= 15 is 0 Å². The first-order chi connectivity index (χ1) is 14.8. The molecule has 2 N–H and O–H groups in total. The van der Waals surface area contributed by atoms with Gasteiger partial charge in [-0.05, 0) is 18.4 Å². The number of nitrogens with one attached hydrogen (secondary N) is 2. The number of fused-ring (bicyclic) bond motifs is 1. The molecule has 1 amide bonds. The third-order valence-corrected chi connectivity index (χ3v) is 5.92. The number of unbranched alkanes of at least 4 members (excludes halogenated alkanes) is 3. The molecule has 0 spiro atoms. The van der Waals surface area contributed by atoms with E-state index in [9.17, 15) is 18.0 Å². The van der Waals surface area contributed by atoms with Gasteiger partial charge >= 0.3 is 6.18 Å². The molecule has 0 bridgehead atoms. The van der Waals surface area contributed by atoms with Gasteiger partial charge in [-0.15, -0.1) is 0 Å². The van der Waals surface area contributed by atoms with Crippen LogP contribution in [0.2, 0.25) is 0 Å². The maximum atomic E-state index is 13.8. The first kappa shape index (κ1) is 23.2. The Hall–Kier alpha value is -2.51. The second-order valence-corrected chi connectivity index (χ2v) is 8.18. The smallest absolute Gasteiger partial charge is 0.363 e. The Bertz CT molecular complexity index is 850. The van der Waals surface area contributed by atoms with E-state index in [1.54, 1.807) is 24.3 Å². The third kappa shape index (κ3) is 5.60. The van der Waals surface area contributed by atoms with E-state index in [-0.39, 0.29) is 29.8 Å². The standard InChI is InChI=1S/C23H31F3N4O/c1-3-5-6-10-13-17(4-2)28-22(31)18-15-27-30-20(23(24,25)26)14-19(29-21(18)30)16-11-8-7-9-12-16/h7-9,11-12,15,17,19-20,29H,3-6,10,13-14H2,1-2H3,(H,28,31). The summed E-state index contributed by atoms with van der Waals surface area (Å²) in [6.45, 7) is 4.15. The summed E-state index contributed by atoms with van der Waals surface area (Å²) in [5.74, 6) is -0.258. The minimum absolute atomic E-state index is 0.00756. The summed E-state index contributed by atoms with van der Waals surface area (Å²) < 4.78 is 42.3. The van der Waals surface area contributed by atoms with Crippen LogP contribution in [0.5, 0.6) is 0 Å². The third-order valence-electron chi connectivity index (χ3n) is 5.92. The van der Waals surface area contributed by atoms with Gasteiger partial charge in [0.25, 0.3) is 5.91 Å². The van der Waals surface area contributed by atoms with Crippen LogP contribution in [-0.4, -0.2) is 27.9 Å². The molecule has 0 fully saturated rings. The SMILES string of the molecule is CCCCCCC(CC)NC(=O)c1cnn2c1NC(c1ccccc1)CC2C(F)(F)F. The van der Waals surface area contributed by atoms with Crippen LogP contribution < -0.4 is 10.6 Å². The number of alkyl halides is 3. The summed E-state index contributed by atoms with van der Waals surface area (Å²) in [6, 6.07) is 6.65. The predicted molar refractivity (Wildman–Crippen MR) is 115 cm³/mol. The van der Waals surface area contributed by atoms with Crippen LogP contribution in [0.1, 0.15) is 86.8 Å². The lowest BCUT2D eigenvalue weighted by molar-refractivity contribution is -0.173. The van der Waals surface area contributed by atoms with Crippen molar-refractivity contribution in [1.82, 2.24) is 15.1 Å². The molecule has 1 aliphatic rings. The molecular weight excluding hydrogens is 405 g/mol. The van der Waals surface area contributed by atoms with Crippen LogP contribution in [0.25, 0.3) is 0 Å². The fraction of sp³-hybridized carbons (Fsp3) is 0.565. The molecule has 1 aliphatic heterocycles. The molecule has 0 saturated carbocycles. The molecular formula is C23H31F3N4O. The summed E-state index contributed by atoms with van der Waals surface area (Å²) in [5, 5.41) is 10.1. The number of halogens is 3. The molecule has 2 heterocycles. The Morgan fingerprint density at radius 1 is 1.23 bits per heavy atom. The van der Waals surface area contributed by atoms with Gasteiger partial charge in [0, 0.05) is 12.5 Å².